The van der Waals surface area contributed by atoms with Crippen molar-refractivity contribution in [1.82, 2.24) is 4.57 Å². The molecule has 0 aromatic carbocycles. The van der Waals surface area contributed by atoms with E-state index in [-0.39, 0.29) is 0 Å². The summed E-state index contributed by atoms with van der Waals surface area (Å²) in [6, 6.07) is 2.35. The molecule has 0 radical (unpaired) electrons. The average Bonchev–Trinajstić information content (AvgIpc) is 3.19. The van der Waals surface area contributed by atoms with Gasteiger partial charge in [-0.1, -0.05) is 91.3 Å². The molecule has 1 rings (SSSR count). The fourth-order valence-electron chi connectivity index (χ4n) is 3.85. The zero-order valence-electron chi connectivity index (χ0n) is 24.2. The first-order valence-electron chi connectivity index (χ1n) is 13.2. The first-order valence-corrected chi connectivity index (χ1v) is 13.2. The molecule has 1 heterocycles. The van der Waals surface area contributed by atoms with Gasteiger partial charge in [-0.05, 0) is 82.2 Å². The molecule has 1 aromatic rings. The SMILES string of the molecule is C=C(CC(CC)CCCC)c1cc(/C(C)=C/C)n(CC)c1C.C=CC=N/C(=C\C)C(=C)C.CC. The Labute approximate surface area is 213 Å². The summed E-state index contributed by atoms with van der Waals surface area (Å²) in [5, 5.41) is 0. The van der Waals surface area contributed by atoms with E-state index in [4.69, 9.17) is 0 Å². The fraction of sp³-hybridized carbons (Fsp3) is 0.531. The van der Waals surface area contributed by atoms with Crippen LogP contribution in [0.15, 0.2) is 60.3 Å². The molecule has 192 valence electrons. The molecule has 0 aliphatic carbocycles. The van der Waals surface area contributed by atoms with Crippen LogP contribution in [0.5, 0.6) is 0 Å². The van der Waals surface area contributed by atoms with E-state index >= 15 is 0 Å². The monoisotopic (exact) mass is 466 g/mol. The summed E-state index contributed by atoms with van der Waals surface area (Å²) >= 11 is 0. The van der Waals surface area contributed by atoms with Crippen molar-refractivity contribution in [2.45, 2.75) is 108 Å². The molecule has 0 saturated heterocycles. The van der Waals surface area contributed by atoms with Crippen LogP contribution < -0.4 is 0 Å². The minimum atomic E-state index is 0.781. The van der Waals surface area contributed by atoms with E-state index in [1.165, 1.54) is 53.8 Å². The van der Waals surface area contributed by atoms with Gasteiger partial charge in [0.2, 0.25) is 0 Å². The Bertz CT molecular complexity index is 827. The molecule has 0 aliphatic rings. The van der Waals surface area contributed by atoms with Crippen LogP contribution in [0.3, 0.4) is 0 Å². The van der Waals surface area contributed by atoms with Crippen molar-refractivity contribution in [3.05, 3.63) is 72.3 Å². The molecule has 0 N–H and O–H groups in total. The Morgan fingerprint density at radius 1 is 1.09 bits per heavy atom. The van der Waals surface area contributed by atoms with Gasteiger partial charge in [-0.15, -0.1) is 0 Å². The van der Waals surface area contributed by atoms with Gasteiger partial charge >= 0.3 is 0 Å². The Morgan fingerprint density at radius 2 is 1.71 bits per heavy atom. The Balaban J connectivity index is 0. The number of unbranched alkanes of at least 4 members (excludes halogenated alkanes) is 1. The van der Waals surface area contributed by atoms with E-state index in [1.54, 1.807) is 12.3 Å². The maximum Gasteiger partial charge on any atom is 0.0610 e. The van der Waals surface area contributed by atoms with Crippen molar-refractivity contribution in [2.75, 3.05) is 0 Å². The summed E-state index contributed by atoms with van der Waals surface area (Å²) in [6.07, 6.45) is 13.8. The maximum absolute atomic E-state index is 4.42. The van der Waals surface area contributed by atoms with Gasteiger partial charge in [0.15, 0.2) is 0 Å². The molecule has 0 saturated carbocycles. The van der Waals surface area contributed by atoms with Crippen molar-refractivity contribution in [2.24, 2.45) is 10.9 Å². The second-order valence-corrected chi connectivity index (χ2v) is 8.44. The van der Waals surface area contributed by atoms with Crippen LogP contribution in [0.2, 0.25) is 0 Å². The van der Waals surface area contributed by atoms with Gasteiger partial charge in [-0.2, -0.15) is 0 Å². The lowest BCUT2D eigenvalue weighted by Gasteiger charge is -2.16. The number of hydrogen-bond donors (Lipinski definition) is 0. The lowest BCUT2D eigenvalue weighted by atomic mass is 9.89. The van der Waals surface area contributed by atoms with E-state index in [2.05, 4.69) is 83.0 Å². The van der Waals surface area contributed by atoms with Gasteiger partial charge < -0.3 is 4.57 Å². The zero-order valence-corrected chi connectivity index (χ0v) is 24.2. The van der Waals surface area contributed by atoms with Crippen molar-refractivity contribution >= 4 is 17.4 Å². The zero-order chi connectivity index (χ0) is 26.7. The first kappa shape index (κ1) is 33.8. The van der Waals surface area contributed by atoms with Crippen LogP contribution in [0.25, 0.3) is 11.1 Å². The number of allylic oxidation sites excluding steroid dienone is 6. The highest BCUT2D eigenvalue weighted by atomic mass is 15.0. The summed E-state index contributed by atoms with van der Waals surface area (Å²) in [5.41, 5.74) is 8.64. The molecular weight excluding hydrogens is 412 g/mol. The topological polar surface area (TPSA) is 17.3 Å². The van der Waals surface area contributed by atoms with E-state index in [0.29, 0.717) is 0 Å². The number of aromatic nitrogens is 1. The molecule has 0 bridgehead atoms. The highest BCUT2D eigenvalue weighted by Gasteiger charge is 2.16. The summed E-state index contributed by atoms with van der Waals surface area (Å²) in [7, 11) is 0. The molecule has 0 spiro atoms. The molecule has 1 aromatic heterocycles. The van der Waals surface area contributed by atoms with Gasteiger partial charge in [0.1, 0.15) is 0 Å². The third kappa shape index (κ3) is 11.7. The number of rotatable bonds is 12. The third-order valence-corrected chi connectivity index (χ3v) is 6.01. The predicted octanol–water partition coefficient (Wildman–Crippen LogP) is 10.6. The lowest BCUT2D eigenvalue weighted by molar-refractivity contribution is 0.461. The second-order valence-electron chi connectivity index (χ2n) is 8.44. The minimum absolute atomic E-state index is 0.781. The lowest BCUT2D eigenvalue weighted by Crippen LogP contribution is -2.03. The Hall–Kier alpha value is -2.35. The highest BCUT2D eigenvalue weighted by molar-refractivity contribution is 5.72. The first-order chi connectivity index (χ1) is 16.2. The van der Waals surface area contributed by atoms with Gasteiger partial charge in [0, 0.05) is 24.1 Å². The van der Waals surface area contributed by atoms with Crippen LogP contribution in [-0.4, -0.2) is 10.8 Å². The fourth-order valence-corrected chi connectivity index (χ4v) is 3.85. The molecular formula is C32H54N2. The Morgan fingerprint density at radius 3 is 2.12 bits per heavy atom. The number of hydrogen-bond acceptors (Lipinski definition) is 1. The van der Waals surface area contributed by atoms with Gasteiger partial charge in [0.05, 0.1) is 5.70 Å². The van der Waals surface area contributed by atoms with Crippen LogP contribution in [0.4, 0.5) is 0 Å². The van der Waals surface area contributed by atoms with E-state index in [1.807, 2.05) is 33.8 Å². The van der Waals surface area contributed by atoms with Gasteiger partial charge in [-0.3, -0.25) is 4.99 Å². The van der Waals surface area contributed by atoms with Crippen LogP contribution in [-0.2, 0) is 6.54 Å². The van der Waals surface area contributed by atoms with E-state index in [9.17, 15) is 0 Å². The molecule has 2 heteroatoms. The van der Waals surface area contributed by atoms with Crippen molar-refractivity contribution in [3.63, 3.8) is 0 Å². The molecule has 34 heavy (non-hydrogen) atoms. The maximum atomic E-state index is 4.42. The largest absolute Gasteiger partial charge is 0.345 e. The summed E-state index contributed by atoms with van der Waals surface area (Å²) in [5.74, 6) is 0.781. The third-order valence-electron chi connectivity index (χ3n) is 6.01. The van der Waals surface area contributed by atoms with Crippen molar-refractivity contribution in [3.8, 4) is 0 Å². The highest BCUT2D eigenvalue weighted by Crippen LogP contribution is 2.32. The van der Waals surface area contributed by atoms with Crippen LogP contribution in [0.1, 0.15) is 111 Å². The number of aliphatic imine (C=N–C) groups is 1. The average molecular weight is 467 g/mol. The number of nitrogens with zero attached hydrogens (tertiary/aromatic N) is 2. The molecule has 1 atom stereocenters. The molecule has 2 nitrogen and oxygen atoms in total. The molecule has 1 unspecified atom stereocenters. The Kier molecular flexibility index (Phi) is 20.0. The summed E-state index contributed by atoms with van der Waals surface area (Å²) in [6.45, 7) is 34.0. The van der Waals surface area contributed by atoms with E-state index < -0.39 is 0 Å². The summed E-state index contributed by atoms with van der Waals surface area (Å²) in [4.78, 5) is 4.08. The molecule has 0 amide bonds. The standard InChI is InChI=1S/C21H35N.C9H13N.C2H6/c1-8-12-13-19(10-3)14-17(6)20-15-21(16(5)9-2)22(11-4)18(20)7;1-5-7-10-9(6-2)8(3)4;1-2/h9,15,19H,6,8,10-14H2,1-5,7H3;5-7H,1,3H2,2,4H3;1-2H3/b16-9+;9-6-,10-7?;. The van der Waals surface area contributed by atoms with Crippen molar-refractivity contribution < 1.29 is 0 Å². The minimum Gasteiger partial charge on any atom is -0.345 e. The smallest absolute Gasteiger partial charge is 0.0610 e. The van der Waals surface area contributed by atoms with E-state index in [0.717, 1.165) is 30.2 Å². The van der Waals surface area contributed by atoms with Crippen LogP contribution in [0, 0.1) is 12.8 Å². The van der Waals surface area contributed by atoms with Gasteiger partial charge in [-0.25, -0.2) is 0 Å². The quantitative estimate of drug-likeness (QED) is 0.215. The summed E-state index contributed by atoms with van der Waals surface area (Å²) < 4.78 is 2.42. The normalized spacial score (nSPS) is 12.4. The van der Waals surface area contributed by atoms with Crippen LogP contribution >= 0.6 is 0 Å². The van der Waals surface area contributed by atoms with Crippen molar-refractivity contribution in [1.29, 1.82) is 0 Å². The predicted molar refractivity (Wildman–Crippen MR) is 160 cm³/mol. The second kappa shape index (κ2) is 20.1. The molecule has 0 aliphatic heterocycles. The molecule has 0 fully saturated rings. The van der Waals surface area contributed by atoms with Gasteiger partial charge in [0.25, 0.3) is 0 Å².